The third kappa shape index (κ3) is 3.70. The summed E-state index contributed by atoms with van der Waals surface area (Å²) in [6, 6.07) is 8.44. The van der Waals surface area contributed by atoms with Crippen molar-refractivity contribution in [3.05, 3.63) is 43.0 Å². The summed E-state index contributed by atoms with van der Waals surface area (Å²) in [5.74, 6) is -0.319. The molecule has 2 rings (SSSR count). The number of ether oxygens (including phenoxy) is 1. The summed E-state index contributed by atoms with van der Waals surface area (Å²) in [5.41, 5.74) is -0.0635. The molecule has 5 heteroatoms. The lowest BCUT2D eigenvalue weighted by Gasteiger charge is -2.24. The van der Waals surface area contributed by atoms with Crippen molar-refractivity contribution in [1.29, 1.82) is 0 Å². The molecule has 0 aromatic heterocycles. The first-order valence-corrected chi connectivity index (χ1v) is 6.96. The fourth-order valence-electron chi connectivity index (χ4n) is 2.56. The molecule has 0 aliphatic carbocycles. The molecule has 2 atom stereocenters. The van der Waals surface area contributed by atoms with Crippen LogP contribution in [0.3, 0.4) is 0 Å². The molecule has 1 heterocycles. The number of para-hydroxylation sites is 1. The Labute approximate surface area is 124 Å². The van der Waals surface area contributed by atoms with Gasteiger partial charge in [-0.05, 0) is 31.9 Å². The van der Waals surface area contributed by atoms with Gasteiger partial charge in [-0.2, -0.15) is 0 Å². The molecule has 1 aromatic carbocycles. The average Bonchev–Trinajstić information content (AvgIpc) is 2.83. The van der Waals surface area contributed by atoms with Gasteiger partial charge in [-0.3, -0.25) is 10.1 Å². The average molecular weight is 288 g/mol. The largest absolute Gasteiger partial charge is 0.377 e. The highest BCUT2D eigenvalue weighted by Gasteiger charge is 2.44. The summed E-state index contributed by atoms with van der Waals surface area (Å²) in [7, 11) is 0. The molecule has 5 nitrogen and oxygen atoms in total. The third-order valence-corrected chi connectivity index (χ3v) is 3.60. The summed E-state index contributed by atoms with van der Waals surface area (Å²) >= 11 is 0. The molecule has 2 unspecified atom stereocenters. The van der Waals surface area contributed by atoms with Crippen molar-refractivity contribution < 1.29 is 14.3 Å². The van der Waals surface area contributed by atoms with Gasteiger partial charge in [-0.15, -0.1) is 6.58 Å². The molecule has 1 fully saturated rings. The molecule has 0 spiro atoms. The maximum Gasteiger partial charge on any atom is 0.325 e. The minimum atomic E-state index is -0.699. The molecule has 0 bridgehead atoms. The van der Waals surface area contributed by atoms with E-state index in [-0.39, 0.29) is 12.0 Å². The van der Waals surface area contributed by atoms with Gasteiger partial charge in [-0.1, -0.05) is 24.3 Å². The van der Waals surface area contributed by atoms with Gasteiger partial charge < -0.3 is 10.1 Å². The number of carbonyl (C=O) groups is 2. The summed E-state index contributed by atoms with van der Waals surface area (Å²) in [4.78, 5) is 24.3. The lowest BCUT2D eigenvalue weighted by molar-refractivity contribution is -0.129. The molecule has 1 aliphatic heterocycles. The minimum Gasteiger partial charge on any atom is -0.377 e. The highest BCUT2D eigenvalue weighted by atomic mass is 16.5. The van der Waals surface area contributed by atoms with Gasteiger partial charge in [0.2, 0.25) is 5.91 Å². The summed E-state index contributed by atoms with van der Waals surface area (Å²) < 4.78 is 5.50. The predicted octanol–water partition coefficient (Wildman–Crippen LogP) is 2.71. The second kappa shape index (κ2) is 6.54. The van der Waals surface area contributed by atoms with Crippen LogP contribution in [0.2, 0.25) is 0 Å². The molecular weight excluding hydrogens is 268 g/mol. The number of benzene rings is 1. The van der Waals surface area contributed by atoms with Gasteiger partial charge in [0.25, 0.3) is 0 Å². The monoisotopic (exact) mass is 288 g/mol. The first-order chi connectivity index (χ1) is 10.1. The van der Waals surface area contributed by atoms with Crippen molar-refractivity contribution >= 4 is 17.6 Å². The van der Waals surface area contributed by atoms with Crippen molar-refractivity contribution in [1.82, 2.24) is 5.32 Å². The third-order valence-electron chi connectivity index (χ3n) is 3.60. The molecule has 0 radical (unpaired) electrons. The predicted molar refractivity (Wildman–Crippen MR) is 80.9 cm³/mol. The number of nitrogens with one attached hydrogen (secondary N) is 2. The zero-order valence-corrected chi connectivity index (χ0v) is 12.1. The number of carbonyl (C=O) groups excluding carboxylic acids is 2. The Hall–Kier alpha value is -2.14. The highest BCUT2D eigenvalue weighted by molar-refractivity contribution is 6.03. The van der Waals surface area contributed by atoms with Crippen molar-refractivity contribution in [2.75, 3.05) is 11.9 Å². The molecule has 1 aliphatic rings. The molecule has 112 valence electrons. The number of urea groups is 1. The summed E-state index contributed by atoms with van der Waals surface area (Å²) in [6.07, 6.45) is 2.77. The van der Waals surface area contributed by atoms with Crippen molar-refractivity contribution in [3.8, 4) is 0 Å². The first-order valence-electron chi connectivity index (χ1n) is 6.96. The molecule has 0 saturated carbocycles. The van der Waals surface area contributed by atoms with Crippen LogP contribution < -0.4 is 10.6 Å². The van der Waals surface area contributed by atoms with E-state index >= 15 is 0 Å². The quantitative estimate of drug-likeness (QED) is 0.837. The van der Waals surface area contributed by atoms with Crippen LogP contribution in [0.4, 0.5) is 10.5 Å². The number of rotatable bonds is 4. The van der Waals surface area contributed by atoms with Crippen LogP contribution in [0.25, 0.3) is 0 Å². The topological polar surface area (TPSA) is 67.4 Å². The van der Waals surface area contributed by atoms with E-state index in [1.165, 1.54) is 0 Å². The summed E-state index contributed by atoms with van der Waals surface area (Å²) in [6.45, 7) is 5.92. The van der Waals surface area contributed by atoms with Crippen LogP contribution in [0.5, 0.6) is 0 Å². The van der Waals surface area contributed by atoms with E-state index in [1.54, 1.807) is 18.2 Å². The van der Waals surface area contributed by atoms with Crippen LogP contribution >= 0.6 is 0 Å². The van der Waals surface area contributed by atoms with E-state index in [0.717, 1.165) is 0 Å². The van der Waals surface area contributed by atoms with Gasteiger partial charge in [0.1, 0.15) is 0 Å². The van der Waals surface area contributed by atoms with Gasteiger partial charge in [0.15, 0.2) is 0 Å². The van der Waals surface area contributed by atoms with Crippen molar-refractivity contribution in [2.45, 2.75) is 25.9 Å². The fraction of sp³-hybridized carbons (Fsp3) is 0.375. The highest BCUT2D eigenvalue weighted by Crippen LogP contribution is 2.36. The second-order valence-corrected chi connectivity index (χ2v) is 5.37. The van der Waals surface area contributed by atoms with Gasteiger partial charge in [0, 0.05) is 5.69 Å². The Kier molecular flexibility index (Phi) is 4.75. The van der Waals surface area contributed by atoms with E-state index in [2.05, 4.69) is 17.2 Å². The second-order valence-electron chi connectivity index (χ2n) is 5.37. The molecule has 1 saturated heterocycles. The Morgan fingerprint density at radius 1 is 1.43 bits per heavy atom. The van der Waals surface area contributed by atoms with E-state index in [4.69, 9.17) is 4.74 Å². The van der Waals surface area contributed by atoms with Gasteiger partial charge >= 0.3 is 6.03 Å². The Bertz CT molecular complexity index is 530. The fourth-order valence-corrected chi connectivity index (χ4v) is 2.56. The van der Waals surface area contributed by atoms with Crippen molar-refractivity contribution in [2.24, 2.45) is 5.41 Å². The number of anilines is 1. The Morgan fingerprint density at radius 2 is 2.14 bits per heavy atom. The molecular formula is C16H20N2O3. The normalized spacial score (nSPS) is 24.3. The molecule has 2 N–H and O–H groups in total. The number of amides is 3. The van der Waals surface area contributed by atoms with Crippen LogP contribution in [-0.2, 0) is 9.53 Å². The van der Waals surface area contributed by atoms with Gasteiger partial charge in [-0.25, -0.2) is 4.79 Å². The Balaban J connectivity index is 1.99. The van der Waals surface area contributed by atoms with E-state index in [1.807, 2.05) is 25.1 Å². The standard InChI is InChI=1S/C16H20N2O3/c1-3-9-16(10-12(2)21-11-16)14(19)18-15(20)17-13-7-5-4-6-8-13/h3-8,12H,1,9-11H2,2H3,(H2,17,18,19,20). The zero-order valence-electron chi connectivity index (χ0n) is 12.1. The SMILES string of the molecule is C=CCC1(C(=O)NC(=O)Nc2ccccc2)COC(C)C1. The van der Waals surface area contributed by atoms with Crippen LogP contribution in [-0.4, -0.2) is 24.6 Å². The molecule has 1 aromatic rings. The molecule has 21 heavy (non-hydrogen) atoms. The number of hydrogen-bond donors (Lipinski definition) is 2. The molecule has 3 amide bonds. The van der Waals surface area contributed by atoms with Crippen LogP contribution in [0, 0.1) is 5.41 Å². The Morgan fingerprint density at radius 3 is 2.71 bits per heavy atom. The lowest BCUT2D eigenvalue weighted by Crippen LogP contribution is -2.45. The van der Waals surface area contributed by atoms with Crippen molar-refractivity contribution in [3.63, 3.8) is 0 Å². The maximum atomic E-state index is 12.4. The first kappa shape index (κ1) is 15.3. The number of allylic oxidation sites excluding steroid dienone is 1. The minimum absolute atomic E-state index is 0.00730. The zero-order chi connectivity index (χ0) is 15.3. The van der Waals surface area contributed by atoms with Crippen LogP contribution in [0.1, 0.15) is 19.8 Å². The lowest BCUT2D eigenvalue weighted by atomic mass is 9.81. The van der Waals surface area contributed by atoms with Gasteiger partial charge in [0.05, 0.1) is 18.1 Å². The van der Waals surface area contributed by atoms with E-state index < -0.39 is 11.4 Å². The summed E-state index contributed by atoms with van der Waals surface area (Å²) in [5, 5.41) is 5.03. The number of hydrogen-bond acceptors (Lipinski definition) is 3. The maximum absolute atomic E-state index is 12.4. The van der Waals surface area contributed by atoms with E-state index in [9.17, 15) is 9.59 Å². The number of imide groups is 1. The van der Waals surface area contributed by atoms with E-state index in [0.29, 0.717) is 25.1 Å². The van der Waals surface area contributed by atoms with Crippen LogP contribution in [0.15, 0.2) is 43.0 Å². The smallest absolute Gasteiger partial charge is 0.325 e.